The number of hydrogen-bond donors (Lipinski definition) is 0. The van der Waals surface area contributed by atoms with Crippen molar-refractivity contribution in [3.8, 4) is 5.75 Å². The van der Waals surface area contributed by atoms with Crippen LogP contribution in [0, 0.1) is 0 Å². The number of amides is 1. The predicted molar refractivity (Wildman–Crippen MR) is 79.9 cm³/mol. The van der Waals surface area contributed by atoms with Gasteiger partial charge in [-0.15, -0.1) is 0 Å². The maximum absolute atomic E-state index is 12.0. The van der Waals surface area contributed by atoms with Gasteiger partial charge in [-0.2, -0.15) is 0 Å². The van der Waals surface area contributed by atoms with Gasteiger partial charge < -0.3 is 9.64 Å². The summed E-state index contributed by atoms with van der Waals surface area (Å²) in [6.45, 7) is 0.592. The third kappa shape index (κ3) is 4.28. The van der Waals surface area contributed by atoms with Crippen LogP contribution in [0.1, 0.15) is 5.56 Å². The molecule has 0 atom stereocenters. The molecule has 20 heavy (non-hydrogen) atoms. The van der Waals surface area contributed by atoms with Crippen LogP contribution in [-0.4, -0.2) is 24.5 Å². The van der Waals surface area contributed by atoms with Crippen molar-refractivity contribution in [3.05, 3.63) is 65.2 Å². The molecule has 0 aliphatic heterocycles. The minimum atomic E-state index is -0.0659. The summed E-state index contributed by atoms with van der Waals surface area (Å²) in [5.41, 5.74) is 1.09. The van der Waals surface area contributed by atoms with E-state index in [1.165, 1.54) is 0 Å². The molecule has 0 spiro atoms. The van der Waals surface area contributed by atoms with E-state index in [9.17, 15) is 4.79 Å². The Kier molecular flexibility index (Phi) is 5.02. The molecule has 2 aromatic rings. The normalized spacial score (nSPS) is 10.1. The van der Waals surface area contributed by atoms with E-state index >= 15 is 0 Å². The Bertz CT molecular complexity index is 554. The highest BCUT2D eigenvalue weighted by Crippen LogP contribution is 2.15. The fraction of sp³-hybridized carbons (Fsp3) is 0.188. The third-order valence-electron chi connectivity index (χ3n) is 2.86. The monoisotopic (exact) mass is 289 g/mol. The lowest BCUT2D eigenvalue weighted by atomic mass is 10.2. The van der Waals surface area contributed by atoms with Crippen molar-refractivity contribution in [1.82, 2.24) is 4.90 Å². The van der Waals surface area contributed by atoms with Crippen LogP contribution in [0.3, 0.4) is 0 Å². The highest BCUT2D eigenvalue weighted by atomic mass is 35.5. The van der Waals surface area contributed by atoms with Crippen molar-refractivity contribution in [1.29, 1.82) is 0 Å². The standard InChI is InChI=1S/C16H16ClNO2/c1-18(11-13-5-3-2-4-6-13)16(19)12-20-15-9-7-14(17)8-10-15/h2-10H,11-12H2,1H3. The molecule has 4 heteroatoms. The lowest BCUT2D eigenvalue weighted by Gasteiger charge is -2.17. The molecule has 0 saturated carbocycles. The molecule has 0 unspecified atom stereocenters. The molecule has 0 aliphatic carbocycles. The Balaban J connectivity index is 1.83. The first-order chi connectivity index (χ1) is 9.65. The van der Waals surface area contributed by atoms with Crippen molar-refractivity contribution in [3.63, 3.8) is 0 Å². The minimum absolute atomic E-state index is 0.0188. The van der Waals surface area contributed by atoms with Gasteiger partial charge in [0.05, 0.1) is 0 Å². The van der Waals surface area contributed by atoms with Crippen LogP contribution in [0.4, 0.5) is 0 Å². The van der Waals surface area contributed by atoms with Crippen molar-refractivity contribution in [2.24, 2.45) is 0 Å². The SMILES string of the molecule is CN(Cc1ccccc1)C(=O)COc1ccc(Cl)cc1. The van der Waals surface area contributed by atoms with Crippen LogP contribution in [0.2, 0.25) is 5.02 Å². The number of carbonyl (C=O) groups excluding carboxylic acids is 1. The van der Waals surface area contributed by atoms with Crippen molar-refractivity contribution in [2.45, 2.75) is 6.54 Å². The van der Waals surface area contributed by atoms with Gasteiger partial charge in [0.15, 0.2) is 6.61 Å². The second kappa shape index (κ2) is 6.96. The summed E-state index contributed by atoms with van der Waals surface area (Å²) in [7, 11) is 1.76. The summed E-state index contributed by atoms with van der Waals surface area (Å²) in [6, 6.07) is 16.8. The van der Waals surface area contributed by atoms with Gasteiger partial charge in [-0.3, -0.25) is 4.79 Å². The van der Waals surface area contributed by atoms with Gasteiger partial charge in [0, 0.05) is 18.6 Å². The molecule has 0 bridgehead atoms. The molecule has 0 aliphatic rings. The molecule has 0 heterocycles. The van der Waals surface area contributed by atoms with E-state index in [0.29, 0.717) is 17.3 Å². The summed E-state index contributed by atoms with van der Waals surface area (Å²) in [5.74, 6) is 0.569. The van der Waals surface area contributed by atoms with Gasteiger partial charge >= 0.3 is 0 Å². The molecule has 0 aromatic heterocycles. The van der Waals surface area contributed by atoms with Crippen LogP contribution in [-0.2, 0) is 11.3 Å². The van der Waals surface area contributed by atoms with Crippen molar-refractivity contribution < 1.29 is 9.53 Å². The van der Waals surface area contributed by atoms with E-state index < -0.39 is 0 Å². The third-order valence-corrected chi connectivity index (χ3v) is 3.12. The molecule has 0 saturated heterocycles. The quantitative estimate of drug-likeness (QED) is 0.844. The highest BCUT2D eigenvalue weighted by Gasteiger charge is 2.10. The first kappa shape index (κ1) is 14.4. The van der Waals surface area contributed by atoms with Gasteiger partial charge in [-0.25, -0.2) is 0 Å². The fourth-order valence-corrected chi connectivity index (χ4v) is 1.86. The molecule has 3 nitrogen and oxygen atoms in total. The van der Waals surface area contributed by atoms with Crippen LogP contribution < -0.4 is 4.74 Å². The first-order valence-corrected chi connectivity index (χ1v) is 6.69. The number of carbonyl (C=O) groups is 1. The number of ether oxygens (including phenoxy) is 1. The van der Waals surface area contributed by atoms with Gasteiger partial charge in [0.1, 0.15) is 5.75 Å². The summed E-state index contributed by atoms with van der Waals surface area (Å²) >= 11 is 5.78. The number of hydrogen-bond acceptors (Lipinski definition) is 2. The molecule has 0 N–H and O–H groups in total. The largest absolute Gasteiger partial charge is 0.484 e. The smallest absolute Gasteiger partial charge is 0.260 e. The summed E-state index contributed by atoms with van der Waals surface area (Å²) in [5, 5.41) is 0.643. The Morgan fingerprint density at radius 3 is 2.40 bits per heavy atom. The Hall–Kier alpha value is -2.00. The number of likely N-dealkylation sites (N-methyl/N-ethyl adjacent to an activating group) is 1. The molecular formula is C16H16ClNO2. The number of rotatable bonds is 5. The summed E-state index contributed by atoms with van der Waals surface area (Å²) in [4.78, 5) is 13.6. The number of nitrogens with zero attached hydrogens (tertiary/aromatic N) is 1. The second-order valence-corrected chi connectivity index (χ2v) is 4.91. The maximum atomic E-state index is 12.0. The van der Waals surface area contributed by atoms with Crippen LogP contribution in [0.25, 0.3) is 0 Å². The Morgan fingerprint density at radius 2 is 1.75 bits per heavy atom. The highest BCUT2D eigenvalue weighted by molar-refractivity contribution is 6.30. The first-order valence-electron chi connectivity index (χ1n) is 6.31. The van der Waals surface area contributed by atoms with Crippen LogP contribution in [0.5, 0.6) is 5.75 Å². The lowest BCUT2D eigenvalue weighted by Crippen LogP contribution is -2.30. The van der Waals surface area contributed by atoms with E-state index in [-0.39, 0.29) is 12.5 Å². The van der Waals surface area contributed by atoms with Gasteiger partial charge in [0.2, 0.25) is 0 Å². The zero-order chi connectivity index (χ0) is 14.4. The average molecular weight is 290 g/mol. The van der Waals surface area contributed by atoms with Crippen LogP contribution >= 0.6 is 11.6 Å². The molecule has 2 rings (SSSR count). The van der Waals surface area contributed by atoms with E-state index in [1.54, 1.807) is 36.2 Å². The predicted octanol–water partition coefficient (Wildman–Crippen LogP) is 3.38. The Morgan fingerprint density at radius 1 is 1.10 bits per heavy atom. The molecule has 0 radical (unpaired) electrons. The fourth-order valence-electron chi connectivity index (χ4n) is 1.73. The van der Waals surface area contributed by atoms with Gasteiger partial charge in [-0.1, -0.05) is 41.9 Å². The van der Waals surface area contributed by atoms with E-state index in [4.69, 9.17) is 16.3 Å². The number of benzene rings is 2. The molecule has 1 amide bonds. The zero-order valence-electron chi connectivity index (χ0n) is 11.3. The molecule has 2 aromatic carbocycles. The molecule has 0 fully saturated rings. The van der Waals surface area contributed by atoms with Crippen molar-refractivity contribution in [2.75, 3.05) is 13.7 Å². The van der Waals surface area contributed by atoms with E-state index in [2.05, 4.69) is 0 Å². The summed E-state index contributed by atoms with van der Waals surface area (Å²) in [6.07, 6.45) is 0. The Labute approximate surface area is 123 Å². The van der Waals surface area contributed by atoms with Gasteiger partial charge in [-0.05, 0) is 29.8 Å². The van der Waals surface area contributed by atoms with E-state index in [0.717, 1.165) is 5.56 Å². The molecule has 104 valence electrons. The van der Waals surface area contributed by atoms with Gasteiger partial charge in [0.25, 0.3) is 5.91 Å². The van der Waals surface area contributed by atoms with E-state index in [1.807, 2.05) is 30.3 Å². The molecular weight excluding hydrogens is 274 g/mol. The zero-order valence-corrected chi connectivity index (χ0v) is 12.0. The number of halogens is 1. The van der Waals surface area contributed by atoms with Crippen molar-refractivity contribution >= 4 is 17.5 Å². The minimum Gasteiger partial charge on any atom is -0.484 e. The summed E-state index contributed by atoms with van der Waals surface area (Å²) < 4.78 is 5.43. The second-order valence-electron chi connectivity index (χ2n) is 4.48. The average Bonchev–Trinajstić information content (AvgIpc) is 2.47. The lowest BCUT2D eigenvalue weighted by molar-refractivity contribution is -0.132. The van der Waals surface area contributed by atoms with Crippen LogP contribution in [0.15, 0.2) is 54.6 Å². The maximum Gasteiger partial charge on any atom is 0.260 e. The topological polar surface area (TPSA) is 29.5 Å².